The number of rotatable bonds is 3. The predicted molar refractivity (Wildman–Crippen MR) is 38.9 cm³/mol. The topological polar surface area (TPSA) is 34.1 Å². The summed E-state index contributed by atoms with van der Waals surface area (Å²) in [7, 11) is 0.295. The fourth-order valence-electron chi connectivity index (χ4n) is 0.325. The first kappa shape index (κ1) is 8.51. The SMILES string of the molecule is C=PC(=O)C(=O)C(C)C. The minimum absolute atomic E-state index is 0.188. The molecule has 0 atom stereocenters. The molecule has 0 spiro atoms. The lowest BCUT2D eigenvalue weighted by atomic mass is 10.1. The highest BCUT2D eigenvalue weighted by atomic mass is 31.1. The van der Waals surface area contributed by atoms with Crippen molar-refractivity contribution in [3.63, 3.8) is 0 Å². The summed E-state index contributed by atoms with van der Waals surface area (Å²) in [6.45, 7) is 3.40. The summed E-state index contributed by atoms with van der Waals surface area (Å²) in [5.74, 6) is -0.515. The molecule has 9 heavy (non-hydrogen) atoms. The van der Waals surface area contributed by atoms with Crippen LogP contribution in [0.15, 0.2) is 0 Å². The van der Waals surface area contributed by atoms with Crippen LogP contribution in [0, 0.1) is 5.92 Å². The molecule has 0 aromatic carbocycles. The number of hydrogen-bond acceptors (Lipinski definition) is 2. The minimum Gasteiger partial charge on any atom is -0.290 e. The number of carbonyl (C=O) groups is 2. The quantitative estimate of drug-likeness (QED) is 0.439. The molecule has 0 unspecified atom stereocenters. The average molecular weight is 144 g/mol. The Labute approximate surface area is 56.1 Å². The van der Waals surface area contributed by atoms with Crippen molar-refractivity contribution in [2.75, 3.05) is 0 Å². The molecule has 2 nitrogen and oxygen atoms in total. The van der Waals surface area contributed by atoms with Crippen LogP contribution in [0.1, 0.15) is 13.8 Å². The van der Waals surface area contributed by atoms with Crippen molar-refractivity contribution < 1.29 is 9.59 Å². The van der Waals surface area contributed by atoms with Crippen LogP contribution in [0.4, 0.5) is 0 Å². The normalized spacial score (nSPS) is 10.1. The first-order valence-corrected chi connectivity index (χ1v) is 3.72. The Kier molecular flexibility index (Phi) is 3.33. The predicted octanol–water partition coefficient (Wildman–Crippen LogP) is 1.12. The van der Waals surface area contributed by atoms with E-state index in [0.29, 0.717) is 8.20 Å². The zero-order valence-electron chi connectivity index (χ0n) is 5.55. The second-order valence-electron chi connectivity index (χ2n) is 1.98. The lowest BCUT2D eigenvalue weighted by Crippen LogP contribution is -2.13. The molecule has 0 aliphatic heterocycles. The van der Waals surface area contributed by atoms with E-state index in [-0.39, 0.29) is 11.7 Å². The monoisotopic (exact) mass is 144 g/mol. The van der Waals surface area contributed by atoms with E-state index in [0.717, 1.165) is 0 Å². The van der Waals surface area contributed by atoms with Crippen LogP contribution in [-0.4, -0.2) is 17.6 Å². The Bertz CT molecular complexity index is 149. The van der Waals surface area contributed by atoms with Crippen LogP contribution in [0.5, 0.6) is 0 Å². The van der Waals surface area contributed by atoms with Gasteiger partial charge >= 0.3 is 0 Å². The second-order valence-corrected chi connectivity index (χ2v) is 2.70. The molecule has 0 fully saturated rings. The number of carbonyl (C=O) groups excluding carboxylic acids is 2. The molecule has 0 heterocycles. The molecule has 0 saturated heterocycles. The van der Waals surface area contributed by atoms with E-state index in [4.69, 9.17) is 0 Å². The van der Waals surface area contributed by atoms with Gasteiger partial charge in [-0.2, -0.15) is 0 Å². The summed E-state index contributed by atoms with van der Waals surface area (Å²) in [4.78, 5) is 21.2. The lowest BCUT2D eigenvalue weighted by Gasteiger charge is -1.95. The smallest absolute Gasteiger partial charge is 0.246 e. The Hall–Kier alpha value is -0.490. The van der Waals surface area contributed by atoms with Gasteiger partial charge in [-0.05, 0) is 8.20 Å². The Morgan fingerprint density at radius 2 is 1.89 bits per heavy atom. The first-order chi connectivity index (χ1) is 4.09. The van der Waals surface area contributed by atoms with Gasteiger partial charge in [-0.15, -0.1) is 0 Å². The number of ketones is 1. The second kappa shape index (κ2) is 3.52. The van der Waals surface area contributed by atoms with Gasteiger partial charge in [0.1, 0.15) is 0 Å². The largest absolute Gasteiger partial charge is 0.290 e. The van der Waals surface area contributed by atoms with Crippen molar-refractivity contribution in [1.82, 2.24) is 0 Å². The molecule has 0 aromatic heterocycles. The highest BCUT2D eigenvalue weighted by Gasteiger charge is 2.13. The molecule has 0 radical (unpaired) electrons. The number of Topliss-reactive ketones (excluding diaryl/α,β-unsaturated/α-hetero) is 1. The fraction of sp³-hybridized carbons (Fsp3) is 0.500. The van der Waals surface area contributed by atoms with Gasteiger partial charge in [-0.25, -0.2) is 0 Å². The van der Waals surface area contributed by atoms with Crippen molar-refractivity contribution in [3.05, 3.63) is 0 Å². The van der Waals surface area contributed by atoms with E-state index in [1.807, 2.05) is 0 Å². The van der Waals surface area contributed by atoms with Crippen LogP contribution in [0.3, 0.4) is 0 Å². The van der Waals surface area contributed by atoms with Crippen LogP contribution >= 0.6 is 8.20 Å². The van der Waals surface area contributed by atoms with Crippen LogP contribution in [-0.2, 0) is 9.59 Å². The van der Waals surface area contributed by atoms with Crippen LogP contribution < -0.4 is 0 Å². The molecule has 0 saturated carbocycles. The first-order valence-electron chi connectivity index (χ1n) is 2.64. The summed E-state index contributed by atoms with van der Waals surface area (Å²) in [6.07, 6.45) is 3.29. The minimum atomic E-state index is -0.398. The average Bonchev–Trinajstić information content (AvgIpc) is 1.84. The lowest BCUT2D eigenvalue weighted by molar-refractivity contribution is -0.133. The van der Waals surface area contributed by atoms with E-state index >= 15 is 0 Å². The Morgan fingerprint density at radius 1 is 1.44 bits per heavy atom. The van der Waals surface area contributed by atoms with E-state index in [2.05, 4.69) is 6.30 Å². The molecule has 0 amide bonds. The molecule has 0 aliphatic rings. The highest BCUT2D eigenvalue weighted by Crippen LogP contribution is 2.02. The van der Waals surface area contributed by atoms with Crippen molar-refractivity contribution in [3.8, 4) is 0 Å². The summed E-state index contributed by atoms with van der Waals surface area (Å²) in [5.41, 5.74) is -0.398. The van der Waals surface area contributed by atoms with Gasteiger partial charge in [-0.1, -0.05) is 20.1 Å². The highest BCUT2D eigenvalue weighted by molar-refractivity contribution is 7.59. The van der Waals surface area contributed by atoms with Gasteiger partial charge < -0.3 is 0 Å². The molecule has 0 aromatic rings. The zero-order valence-corrected chi connectivity index (χ0v) is 6.44. The maximum absolute atomic E-state index is 10.7. The van der Waals surface area contributed by atoms with E-state index in [9.17, 15) is 9.59 Å². The van der Waals surface area contributed by atoms with E-state index in [1.54, 1.807) is 13.8 Å². The number of hydrogen-bond donors (Lipinski definition) is 0. The van der Waals surface area contributed by atoms with Crippen molar-refractivity contribution in [2.24, 2.45) is 5.92 Å². The van der Waals surface area contributed by atoms with Crippen molar-refractivity contribution in [2.45, 2.75) is 13.8 Å². The molecule has 0 aliphatic carbocycles. The van der Waals surface area contributed by atoms with Gasteiger partial charge in [0.15, 0.2) is 0 Å². The Morgan fingerprint density at radius 3 is 2.00 bits per heavy atom. The van der Waals surface area contributed by atoms with E-state index < -0.39 is 5.52 Å². The van der Waals surface area contributed by atoms with Gasteiger partial charge in [-0.3, -0.25) is 9.59 Å². The molecule has 50 valence electrons. The maximum Gasteiger partial charge on any atom is 0.246 e. The molecular formula is C6H9O2P. The third-order valence-corrected chi connectivity index (χ3v) is 1.39. The van der Waals surface area contributed by atoms with Crippen molar-refractivity contribution >= 4 is 25.8 Å². The molecule has 0 rings (SSSR count). The molecular weight excluding hydrogens is 135 g/mol. The third-order valence-electron chi connectivity index (χ3n) is 0.879. The van der Waals surface area contributed by atoms with Crippen molar-refractivity contribution in [1.29, 1.82) is 0 Å². The van der Waals surface area contributed by atoms with Gasteiger partial charge in [0.05, 0.1) is 0 Å². The summed E-state index contributed by atoms with van der Waals surface area (Å²) >= 11 is 0. The maximum atomic E-state index is 10.7. The Balaban J connectivity index is 4.04. The van der Waals surface area contributed by atoms with Gasteiger partial charge in [0.2, 0.25) is 11.3 Å². The van der Waals surface area contributed by atoms with Gasteiger partial charge in [0, 0.05) is 5.92 Å². The zero-order chi connectivity index (χ0) is 7.44. The summed E-state index contributed by atoms with van der Waals surface area (Å²) in [6, 6.07) is 0. The van der Waals surface area contributed by atoms with Crippen LogP contribution in [0.2, 0.25) is 0 Å². The van der Waals surface area contributed by atoms with Crippen LogP contribution in [0.25, 0.3) is 0 Å². The molecule has 3 heteroatoms. The fourth-order valence-corrected chi connectivity index (χ4v) is 0.739. The van der Waals surface area contributed by atoms with Gasteiger partial charge in [0.25, 0.3) is 0 Å². The molecule has 0 bridgehead atoms. The summed E-state index contributed by atoms with van der Waals surface area (Å²) < 4.78 is 0. The standard InChI is InChI=1S/C6H9O2P/c1-4(2)5(7)6(8)9-3/h4H,3H2,1-2H3. The van der Waals surface area contributed by atoms with E-state index in [1.165, 1.54) is 0 Å². The summed E-state index contributed by atoms with van der Waals surface area (Å²) in [5, 5.41) is 0. The molecule has 0 N–H and O–H groups in total. The third kappa shape index (κ3) is 2.52.